The SMILES string of the molecule is CCSC1=C(c2ccc(C)cc2C)C(=O)N(c2cc(Cl)cc(Cl)c2)C1=O. The van der Waals surface area contributed by atoms with E-state index in [9.17, 15) is 9.59 Å². The number of hydrogen-bond donors (Lipinski definition) is 0. The molecule has 26 heavy (non-hydrogen) atoms. The maximum Gasteiger partial charge on any atom is 0.272 e. The number of amides is 2. The summed E-state index contributed by atoms with van der Waals surface area (Å²) in [6.45, 7) is 5.89. The summed E-state index contributed by atoms with van der Waals surface area (Å²) in [5.74, 6) is -0.00112. The molecule has 0 bridgehead atoms. The maximum atomic E-state index is 13.2. The van der Waals surface area contributed by atoms with Crippen molar-refractivity contribution in [3.05, 3.63) is 68.0 Å². The fraction of sp³-hybridized carbons (Fsp3) is 0.200. The van der Waals surface area contributed by atoms with E-state index < -0.39 is 0 Å². The van der Waals surface area contributed by atoms with Crippen molar-refractivity contribution < 1.29 is 9.59 Å². The maximum absolute atomic E-state index is 13.2. The summed E-state index contributed by atoms with van der Waals surface area (Å²) in [5, 5.41) is 0.746. The molecule has 0 fully saturated rings. The molecule has 2 amide bonds. The summed E-state index contributed by atoms with van der Waals surface area (Å²) >= 11 is 13.5. The number of carbonyl (C=O) groups is 2. The van der Waals surface area contributed by atoms with Crippen LogP contribution in [0.4, 0.5) is 5.69 Å². The first-order chi connectivity index (χ1) is 12.3. The normalized spacial score (nSPS) is 14.6. The minimum Gasteiger partial charge on any atom is -0.268 e. The van der Waals surface area contributed by atoms with Crippen molar-refractivity contribution in [2.24, 2.45) is 0 Å². The molecule has 0 N–H and O–H groups in total. The highest BCUT2D eigenvalue weighted by molar-refractivity contribution is 8.04. The lowest BCUT2D eigenvalue weighted by Gasteiger charge is -2.16. The van der Waals surface area contributed by atoms with Crippen LogP contribution in [0.3, 0.4) is 0 Å². The first-order valence-corrected chi connectivity index (χ1v) is 9.87. The fourth-order valence-corrected chi connectivity index (χ4v) is 4.38. The number of halogens is 2. The molecule has 0 saturated carbocycles. The van der Waals surface area contributed by atoms with Crippen LogP contribution in [0, 0.1) is 13.8 Å². The van der Waals surface area contributed by atoms with Crippen molar-refractivity contribution in [3.63, 3.8) is 0 Å². The Morgan fingerprint density at radius 3 is 2.19 bits per heavy atom. The van der Waals surface area contributed by atoms with Crippen molar-refractivity contribution in [3.8, 4) is 0 Å². The molecule has 0 radical (unpaired) electrons. The summed E-state index contributed by atoms with van der Waals surface area (Å²) in [4.78, 5) is 27.9. The van der Waals surface area contributed by atoms with Crippen LogP contribution in [0.25, 0.3) is 5.57 Å². The van der Waals surface area contributed by atoms with Crippen LogP contribution in [0.15, 0.2) is 41.3 Å². The van der Waals surface area contributed by atoms with Crippen LogP contribution in [-0.2, 0) is 9.59 Å². The van der Waals surface area contributed by atoms with Gasteiger partial charge in [0.1, 0.15) is 0 Å². The zero-order valence-electron chi connectivity index (χ0n) is 14.6. The van der Waals surface area contributed by atoms with E-state index in [-0.39, 0.29) is 11.8 Å². The van der Waals surface area contributed by atoms with E-state index in [4.69, 9.17) is 23.2 Å². The Bertz CT molecular complexity index is 933. The number of hydrogen-bond acceptors (Lipinski definition) is 3. The fourth-order valence-electron chi connectivity index (χ4n) is 3.02. The summed E-state index contributed by atoms with van der Waals surface area (Å²) in [7, 11) is 0. The second kappa shape index (κ2) is 7.47. The minimum absolute atomic E-state index is 0.338. The lowest BCUT2D eigenvalue weighted by molar-refractivity contribution is -0.119. The molecular formula is C20H17Cl2NO2S. The van der Waals surface area contributed by atoms with Gasteiger partial charge in [0.25, 0.3) is 11.8 Å². The van der Waals surface area contributed by atoms with Gasteiger partial charge in [-0.3, -0.25) is 9.59 Å². The Balaban J connectivity index is 2.15. The van der Waals surface area contributed by atoms with Crippen molar-refractivity contribution in [1.29, 1.82) is 0 Å². The lowest BCUT2D eigenvalue weighted by atomic mass is 9.99. The predicted octanol–water partition coefficient (Wildman–Crippen LogP) is 5.65. The summed E-state index contributed by atoms with van der Waals surface area (Å²) in [6, 6.07) is 10.6. The van der Waals surface area contributed by atoms with Crippen LogP contribution < -0.4 is 4.90 Å². The molecule has 0 atom stereocenters. The van der Waals surface area contributed by atoms with Gasteiger partial charge < -0.3 is 0 Å². The molecular weight excluding hydrogens is 389 g/mol. The Hall–Kier alpha value is -1.75. The number of imide groups is 1. The summed E-state index contributed by atoms with van der Waals surface area (Å²) in [6.07, 6.45) is 0. The molecule has 3 rings (SSSR count). The smallest absolute Gasteiger partial charge is 0.268 e. The quantitative estimate of drug-likeness (QED) is 0.616. The van der Waals surface area contributed by atoms with Crippen LogP contribution >= 0.6 is 35.0 Å². The van der Waals surface area contributed by atoms with Gasteiger partial charge in [-0.1, -0.05) is 53.9 Å². The summed E-state index contributed by atoms with van der Waals surface area (Å²) in [5.41, 5.74) is 3.66. The Kier molecular flexibility index (Phi) is 5.47. The first kappa shape index (κ1) is 19.0. The van der Waals surface area contributed by atoms with Gasteiger partial charge >= 0.3 is 0 Å². The highest BCUT2D eigenvalue weighted by atomic mass is 35.5. The molecule has 0 aliphatic carbocycles. The number of nitrogens with zero attached hydrogens (tertiary/aromatic N) is 1. The topological polar surface area (TPSA) is 37.4 Å². The van der Waals surface area contributed by atoms with Gasteiger partial charge in [-0.25, -0.2) is 4.90 Å². The largest absolute Gasteiger partial charge is 0.272 e. The number of aryl methyl sites for hydroxylation is 2. The number of rotatable bonds is 4. The second-order valence-electron chi connectivity index (χ2n) is 6.03. The monoisotopic (exact) mass is 405 g/mol. The van der Waals surface area contributed by atoms with Crippen LogP contribution in [0.2, 0.25) is 10.0 Å². The molecule has 6 heteroatoms. The van der Waals surface area contributed by atoms with E-state index in [1.165, 1.54) is 11.8 Å². The van der Waals surface area contributed by atoms with E-state index in [0.717, 1.165) is 21.6 Å². The van der Waals surface area contributed by atoms with E-state index >= 15 is 0 Å². The van der Waals surface area contributed by atoms with Crippen LogP contribution in [0.1, 0.15) is 23.6 Å². The van der Waals surface area contributed by atoms with Gasteiger partial charge in [-0.15, -0.1) is 11.8 Å². The highest BCUT2D eigenvalue weighted by Gasteiger charge is 2.40. The zero-order chi connectivity index (χ0) is 19.0. The number of carbonyl (C=O) groups excluding carboxylic acids is 2. The van der Waals surface area contributed by atoms with Crippen molar-refractivity contribution >= 4 is 58.0 Å². The minimum atomic E-state index is -0.351. The van der Waals surface area contributed by atoms with Gasteiger partial charge in [-0.05, 0) is 48.9 Å². The number of thioether (sulfide) groups is 1. The molecule has 1 heterocycles. The third-order valence-corrected chi connectivity index (χ3v) is 5.48. The van der Waals surface area contributed by atoms with E-state index in [0.29, 0.717) is 32.0 Å². The molecule has 2 aromatic rings. The molecule has 0 spiro atoms. The van der Waals surface area contributed by atoms with Gasteiger partial charge in [0.05, 0.1) is 16.2 Å². The summed E-state index contributed by atoms with van der Waals surface area (Å²) < 4.78 is 0. The molecule has 0 unspecified atom stereocenters. The molecule has 0 aromatic heterocycles. The van der Waals surface area contributed by atoms with Crippen molar-refractivity contribution in [2.75, 3.05) is 10.7 Å². The first-order valence-electron chi connectivity index (χ1n) is 8.13. The Morgan fingerprint density at radius 2 is 1.62 bits per heavy atom. The number of anilines is 1. The average molecular weight is 406 g/mol. The third kappa shape index (κ3) is 3.41. The molecule has 0 saturated heterocycles. The molecule has 3 nitrogen and oxygen atoms in total. The van der Waals surface area contributed by atoms with Gasteiger partial charge in [-0.2, -0.15) is 0 Å². The van der Waals surface area contributed by atoms with E-state index in [1.807, 2.05) is 39.0 Å². The number of benzene rings is 2. The molecule has 1 aliphatic heterocycles. The van der Waals surface area contributed by atoms with E-state index in [2.05, 4.69) is 0 Å². The molecule has 134 valence electrons. The zero-order valence-corrected chi connectivity index (χ0v) is 16.9. The lowest BCUT2D eigenvalue weighted by Crippen LogP contribution is -2.31. The highest BCUT2D eigenvalue weighted by Crippen LogP contribution is 2.40. The Labute approximate surface area is 167 Å². The van der Waals surface area contributed by atoms with Crippen molar-refractivity contribution in [1.82, 2.24) is 0 Å². The van der Waals surface area contributed by atoms with Crippen molar-refractivity contribution in [2.45, 2.75) is 20.8 Å². The molecule has 2 aromatic carbocycles. The molecule has 1 aliphatic rings. The third-order valence-electron chi connectivity index (χ3n) is 4.09. The van der Waals surface area contributed by atoms with Crippen LogP contribution in [-0.4, -0.2) is 17.6 Å². The standard InChI is InChI=1S/C20H17Cl2NO2S/c1-4-26-18-17(16-6-5-11(2)7-12(16)3)19(24)23(20(18)25)15-9-13(21)8-14(22)10-15/h5-10H,4H2,1-3H3. The average Bonchev–Trinajstić information content (AvgIpc) is 2.78. The van der Waals surface area contributed by atoms with E-state index in [1.54, 1.807) is 18.2 Å². The van der Waals surface area contributed by atoms with Gasteiger partial charge in [0.2, 0.25) is 0 Å². The predicted molar refractivity (Wildman–Crippen MR) is 110 cm³/mol. The van der Waals surface area contributed by atoms with Gasteiger partial charge in [0.15, 0.2) is 0 Å². The second-order valence-corrected chi connectivity index (χ2v) is 8.18. The van der Waals surface area contributed by atoms with Crippen LogP contribution in [0.5, 0.6) is 0 Å². The van der Waals surface area contributed by atoms with Gasteiger partial charge in [0, 0.05) is 10.0 Å². The Morgan fingerprint density at radius 1 is 0.962 bits per heavy atom.